The lowest BCUT2D eigenvalue weighted by Gasteiger charge is -2.15. The Bertz CT molecular complexity index is 353. The van der Waals surface area contributed by atoms with Crippen LogP contribution in [0.4, 0.5) is 0 Å². The van der Waals surface area contributed by atoms with E-state index in [0.717, 1.165) is 12.1 Å². The van der Waals surface area contributed by atoms with E-state index < -0.39 is 0 Å². The molecule has 0 spiro atoms. The predicted octanol–water partition coefficient (Wildman–Crippen LogP) is 0.470. The number of nitrogens with zero attached hydrogens (tertiary/aromatic N) is 1. The normalized spacial score (nSPS) is 10.5. The Kier molecular flexibility index (Phi) is 4.95. The number of benzene rings is 1. The summed E-state index contributed by atoms with van der Waals surface area (Å²) >= 11 is 0. The number of carbonyl (C=O) groups excluding carboxylic acids is 1. The summed E-state index contributed by atoms with van der Waals surface area (Å²) in [6, 6.07) is 7.49. The van der Waals surface area contributed by atoms with Crippen molar-refractivity contribution >= 4 is 5.91 Å². The van der Waals surface area contributed by atoms with Crippen molar-refractivity contribution in [2.75, 3.05) is 27.2 Å². The number of aliphatic hydroxyl groups is 1. The van der Waals surface area contributed by atoms with Crippen molar-refractivity contribution in [1.82, 2.24) is 10.2 Å². The summed E-state index contributed by atoms with van der Waals surface area (Å²) in [6.45, 7) is 1.50. The molecule has 4 nitrogen and oxygen atoms in total. The molecule has 1 rings (SSSR count). The van der Waals surface area contributed by atoms with Crippen LogP contribution in [0.3, 0.4) is 0 Å². The van der Waals surface area contributed by atoms with Gasteiger partial charge in [0.2, 0.25) is 0 Å². The maximum Gasteiger partial charge on any atom is 0.251 e. The lowest BCUT2D eigenvalue weighted by molar-refractivity contribution is 0.0963. The largest absolute Gasteiger partial charge is 0.395 e. The van der Waals surface area contributed by atoms with E-state index in [9.17, 15) is 4.79 Å². The lowest BCUT2D eigenvalue weighted by Crippen LogP contribution is -2.22. The summed E-state index contributed by atoms with van der Waals surface area (Å²) in [4.78, 5) is 13.4. The van der Waals surface area contributed by atoms with E-state index in [-0.39, 0.29) is 12.5 Å². The first kappa shape index (κ1) is 12.7. The Morgan fingerprint density at radius 2 is 2.25 bits per heavy atom. The highest BCUT2D eigenvalue weighted by atomic mass is 16.3. The van der Waals surface area contributed by atoms with E-state index in [4.69, 9.17) is 5.11 Å². The SMILES string of the molecule is CNC(=O)c1cccc(CN(C)CCO)c1. The van der Waals surface area contributed by atoms with Crippen LogP contribution in [0.1, 0.15) is 15.9 Å². The molecule has 0 bridgehead atoms. The standard InChI is InChI=1S/C12H18N2O2/c1-13-12(16)11-5-3-4-10(8-11)9-14(2)6-7-15/h3-5,8,15H,6-7,9H2,1-2H3,(H,13,16). The number of nitrogens with one attached hydrogen (secondary N) is 1. The number of carbonyl (C=O) groups is 1. The van der Waals surface area contributed by atoms with Gasteiger partial charge in [0.15, 0.2) is 0 Å². The maximum absolute atomic E-state index is 11.4. The molecule has 0 atom stereocenters. The highest BCUT2D eigenvalue weighted by Gasteiger charge is 2.05. The molecule has 2 N–H and O–H groups in total. The quantitative estimate of drug-likeness (QED) is 0.761. The summed E-state index contributed by atoms with van der Waals surface area (Å²) in [6.07, 6.45) is 0. The minimum atomic E-state index is -0.0772. The molecule has 0 aliphatic rings. The molecule has 1 aromatic rings. The fraction of sp³-hybridized carbons (Fsp3) is 0.417. The highest BCUT2D eigenvalue weighted by molar-refractivity contribution is 5.94. The van der Waals surface area contributed by atoms with Crippen molar-refractivity contribution < 1.29 is 9.90 Å². The zero-order valence-corrected chi connectivity index (χ0v) is 9.73. The number of likely N-dealkylation sites (N-methyl/N-ethyl adjacent to an activating group) is 1. The highest BCUT2D eigenvalue weighted by Crippen LogP contribution is 2.07. The minimum absolute atomic E-state index is 0.0772. The summed E-state index contributed by atoms with van der Waals surface area (Å²) in [5.74, 6) is -0.0772. The van der Waals surface area contributed by atoms with Gasteiger partial charge in [0.1, 0.15) is 0 Å². The van der Waals surface area contributed by atoms with Crippen LogP contribution in [0.2, 0.25) is 0 Å². The van der Waals surface area contributed by atoms with Gasteiger partial charge in [0.05, 0.1) is 6.61 Å². The van der Waals surface area contributed by atoms with Crippen molar-refractivity contribution in [2.24, 2.45) is 0 Å². The van der Waals surface area contributed by atoms with E-state index >= 15 is 0 Å². The van der Waals surface area contributed by atoms with Crippen LogP contribution in [0.15, 0.2) is 24.3 Å². The van der Waals surface area contributed by atoms with Crippen LogP contribution < -0.4 is 5.32 Å². The van der Waals surface area contributed by atoms with Crippen LogP contribution in [0.5, 0.6) is 0 Å². The third kappa shape index (κ3) is 3.64. The summed E-state index contributed by atoms with van der Waals surface area (Å²) in [7, 11) is 3.55. The molecule has 0 saturated heterocycles. The predicted molar refractivity (Wildman–Crippen MR) is 63.3 cm³/mol. The molecule has 0 saturated carbocycles. The van der Waals surface area contributed by atoms with Crippen LogP contribution in [-0.2, 0) is 6.54 Å². The first-order valence-electron chi connectivity index (χ1n) is 5.27. The van der Waals surface area contributed by atoms with Gasteiger partial charge in [-0.15, -0.1) is 0 Å². The first-order chi connectivity index (χ1) is 7.67. The average molecular weight is 222 g/mol. The van der Waals surface area contributed by atoms with Gasteiger partial charge in [0, 0.05) is 25.7 Å². The molecule has 0 aliphatic carbocycles. The van der Waals surface area contributed by atoms with E-state index in [1.54, 1.807) is 13.1 Å². The Morgan fingerprint density at radius 3 is 2.88 bits per heavy atom. The van der Waals surface area contributed by atoms with Crippen molar-refractivity contribution in [3.05, 3.63) is 35.4 Å². The van der Waals surface area contributed by atoms with Crippen LogP contribution in [-0.4, -0.2) is 43.2 Å². The fourth-order valence-electron chi connectivity index (χ4n) is 1.52. The third-order valence-electron chi connectivity index (χ3n) is 2.35. The fourth-order valence-corrected chi connectivity index (χ4v) is 1.52. The lowest BCUT2D eigenvalue weighted by atomic mass is 10.1. The van der Waals surface area contributed by atoms with Gasteiger partial charge >= 0.3 is 0 Å². The van der Waals surface area contributed by atoms with Gasteiger partial charge in [-0.25, -0.2) is 0 Å². The molecule has 1 amide bonds. The molecule has 16 heavy (non-hydrogen) atoms. The van der Waals surface area contributed by atoms with Crippen molar-refractivity contribution in [3.63, 3.8) is 0 Å². The number of hydrogen-bond acceptors (Lipinski definition) is 3. The van der Waals surface area contributed by atoms with Crippen LogP contribution in [0, 0.1) is 0 Å². The van der Waals surface area contributed by atoms with Crippen LogP contribution >= 0.6 is 0 Å². The van der Waals surface area contributed by atoms with Crippen LogP contribution in [0.25, 0.3) is 0 Å². The Balaban J connectivity index is 2.70. The Hall–Kier alpha value is -1.39. The molecule has 0 unspecified atom stereocenters. The second kappa shape index (κ2) is 6.25. The number of hydrogen-bond donors (Lipinski definition) is 2. The first-order valence-corrected chi connectivity index (χ1v) is 5.27. The van der Waals surface area contributed by atoms with Gasteiger partial charge in [-0.05, 0) is 24.7 Å². The van der Waals surface area contributed by atoms with E-state index in [1.807, 2.05) is 30.1 Å². The summed E-state index contributed by atoms with van der Waals surface area (Å²) in [5, 5.41) is 11.4. The number of amides is 1. The van der Waals surface area contributed by atoms with Crippen molar-refractivity contribution in [2.45, 2.75) is 6.54 Å². The average Bonchev–Trinajstić information content (AvgIpc) is 2.28. The Morgan fingerprint density at radius 1 is 1.50 bits per heavy atom. The Labute approximate surface area is 95.9 Å². The minimum Gasteiger partial charge on any atom is -0.395 e. The molecule has 0 aliphatic heterocycles. The van der Waals surface area contributed by atoms with Crippen molar-refractivity contribution in [1.29, 1.82) is 0 Å². The molecule has 1 aromatic carbocycles. The maximum atomic E-state index is 11.4. The number of aliphatic hydroxyl groups excluding tert-OH is 1. The number of rotatable bonds is 5. The molecule has 0 fully saturated rings. The molecular formula is C12H18N2O2. The molecule has 0 heterocycles. The van der Waals surface area contributed by atoms with E-state index in [2.05, 4.69) is 5.32 Å². The molecular weight excluding hydrogens is 204 g/mol. The van der Waals surface area contributed by atoms with Gasteiger partial charge < -0.3 is 10.4 Å². The molecule has 0 aromatic heterocycles. The summed E-state index contributed by atoms with van der Waals surface area (Å²) < 4.78 is 0. The van der Waals surface area contributed by atoms with E-state index in [0.29, 0.717) is 12.1 Å². The molecule has 0 radical (unpaired) electrons. The van der Waals surface area contributed by atoms with Crippen molar-refractivity contribution in [3.8, 4) is 0 Å². The monoisotopic (exact) mass is 222 g/mol. The topological polar surface area (TPSA) is 52.6 Å². The second-order valence-corrected chi connectivity index (χ2v) is 3.74. The van der Waals surface area contributed by atoms with Gasteiger partial charge in [-0.3, -0.25) is 9.69 Å². The summed E-state index contributed by atoms with van der Waals surface area (Å²) in [5.41, 5.74) is 1.73. The third-order valence-corrected chi connectivity index (χ3v) is 2.35. The smallest absolute Gasteiger partial charge is 0.251 e. The van der Waals surface area contributed by atoms with E-state index in [1.165, 1.54) is 0 Å². The van der Waals surface area contributed by atoms with Gasteiger partial charge in [0.25, 0.3) is 5.91 Å². The zero-order valence-electron chi connectivity index (χ0n) is 9.73. The molecule has 4 heteroatoms. The second-order valence-electron chi connectivity index (χ2n) is 3.74. The zero-order chi connectivity index (χ0) is 12.0. The van der Waals surface area contributed by atoms with Gasteiger partial charge in [-0.2, -0.15) is 0 Å². The molecule has 88 valence electrons. The van der Waals surface area contributed by atoms with Gasteiger partial charge in [-0.1, -0.05) is 12.1 Å².